The van der Waals surface area contributed by atoms with E-state index < -0.39 is 17.8 Å². The van der Waals surface area contributed by atoms with Crippen LogP contribution in [0.3, 0.4) is 0 Å². The Morgan fingerprint density at radius 3 is 2.52 bits per heavy atom. The Morgan fingerprint density at radius 1 is 1.02 bits per heavy atom. The number of fused-ring (bicyclic) bond motifs is 4. The number of phenols is 2. The molecule has 2 aliphatic heterocycles. The van der Waals surface area contributed by atoms with Crippen molar-refractivity contribution >= 4 is 40.5 Å². The molecule has 0 bridgehead atoms. The van der Waals surface area contributed by atoms with E-state index in [-0.39, 0.29) is 54.9 Å². The predicted molar refractivity (Wildman–Crippen MR) is 206 cm³/mol. The van der Waals surface area contributed by atoms with Crippen LogP contribution in [0.5, 0.6) is 11.5 Å². The number of benzene rings is 3. The molecule has 5 aromatic rings. The van der Waals surface area contributed by atoms with Gasteiger partial charge in [0.2, 0.25) is 5.91 Å². The van der Waals surface area contributed by atoms with Crippen LogP contribution < -0.4 is 10.6 Å². The lowest BCUT2D eigenvalue weighted by Crippen LogP contribution is -2.32. The van der Waals surface area contributed by atoms with Crippen molar-refractivity contribution in [2.45, 2.75) is 72.6 Å². The van der Waals surface area contributed by atoms with Crippen LogP contribution >= 0.6 is 22.9 Å². The molecule has 3 aromatic carbocycles. The van der Waals surface area contributed by atoms with E-state index in [1.807, 2.05) is 55.7 Å². The Bertz CT molecular complexity index is 2320. The first-order valence-corrected chi connectivity index (χ1v) is 19.0. The summed E-state index contributed by atoms with van der Waals surface area (Å²) >= 11 is 7.87. The first-order chi connectivity index (χ1) is 25.8. The molecule has 280 valence electrons. The maximum atomic E-state index is 15.7. The van der Waals surface area contributed by atoms with Crippen molar-refractivity contribution in [3.05, 3.63) is 120 Å². The first-order valence-electron chi connectivity index (χ1n) is 17.8. The van der Waals surface area contributed by atoms with Gasteiger partial charge in [0.15, 0.2) is 5.82 Å². The average molecular weight is 770 g/mol. The van der Waals surface area contributed by atoms with Crippen LogP contribution in [0.15, 0.2) is 53.5 Å². The normalized spacial score (nSPS) is 14.8. The highest BCUT2D eigenvalue weighted by atomic mass is 35.5. The fraction of sp³-hybridized carbons (Fsp3) is 0.325. The number of carbonyl (C=O) groups is 2. The summed E-state index contributed by atoms with van der Waals surface area (Å²) in [5, 5.41) is 37.2. The number of amides is 2. The summed E-state index contributed by atoms with van der Waals surface area (Å²) in [5.41, 5.74) is 5.96. The number of hydrogen-bond donors (Lipinski definition) is 4. The fourth-order valence-corrected chi connectivity index (χ4v) is 8.39. The summed E-state index contributed by atoms with van der Waals surface area (Å²) in [6, 6.07) is 13.1. The van der Waals surface area contributed by atoms with Gasteiger partial charge < -0.3 is 25.7 Å². The third-order valence-corrected chi connectivity index (χ3v) is 11.5. The fourth-order valence-electron chi connectivity index (χ4n) is 7.05. The number of hydrogen-bond acceptors (Lipinski definition) is 9. The predicted octanol–water partition coefficient (Wildman–Crippen LogP) is 6.93. The van der Waals surface area contributed by atoms with Gasteiger partial charge in [-0.25, -0.2) is 4.39 Å². The van der Waals surface area contributed by atoms with Gasteiger partial charge >= 0.3 is 0 Å². The molecule has 2 aromatic heterocycles. The quantitative estimate of drug-likeness (QED) is 0.113. The number of nitrogens with zero attached hydrogens (tertiary/aromatic N) is 5. The van der Waals surface area contributed by atoms with Gasteiger partial charge in [0.25, 0.3) is 5.91 Å². The Kier molecular flexibility index (Phi) is 10.3. The number of thiophene rings is 1. The molecule has 14 heteroatoms. The van der Waals surface area contributed by atoms with Gasteiger partial charge in [-0.15, -0.1) is 21.5 Å². The van der Waals surface area contributed by atoms with E-state index in [9.17, 15) is 19.8 Å². The van der Waals surface area contributed by atoms with Crippen molar-refractivity contribution in [2.24, 2.45) is 4.99 Å². The number of nitrogens with one attached hydrogen (secondary N) is 2. The molecule has 0 aliphatic carbocycles. The van der Waals surface area contributed by atoms with Crippen molar-refractivity contribution in [1.82, 2.24) is 30.3 Å². The zero-order chi connectivity index (χ0) is 38.4. The lowest BCUT2D eigenvalue weighted by molar-refractivity contribution is -0.121. The first kappa shape index (κ1) is 37.2. The summed E-state index contributed by atoms with van der Waals surface area (Å²) in [7, 11) is 0. The van der Waals surface area contributed by atoms with Crippen molar-refractivity contribution in [3.8, 4) is 16.5 Å². The Morgan fingerprint density at radius 2 is 1.78 bits per heavy atom. The molecule has 1 atom stereocenters. The third-order valence-electron chi connectivity index (χ3n) is 10.1. The number of aliphatic imine (C=N–C) groups is 1. The molecule has 0 saturated heterocycles. The monoisotopic (exact) mass is 769 g/mol. The standard InChI is InChI=1S/C40H41ClFN7O4S/c1-20(2)28-14-29(33(51)16-32(28)50)39(53)48-18-26-7-6-25(36(42)30(26)19-48)17-43-12-13-44-34(52)15-31-38-47-46-23(5)49(38)40-35(21(3)22(4)54-40)37(45-31)24-8-10-27(41)11-9-24/h6-11,14,16,20,31,43,50-51H,12-13,15,17-19H2,1-5H3,(H,44,52)/t31-/m0/s1. The van der Waals surface area contributed by atoms with E-state index in [0.29, 0.717) is 52.0 Å². The maximum Gasteiger partial charge on any atom is 0.258 e. The number of phenolic OH excluding ortho intramolecular Hbond substituents is 2. The van der Waals surface area contributed by atoms with Crippen molar-refractivity contribution < 1.29 is 24.2 Å². The second-order valence-electron chi connectivity index (χ2n) is 14.1. The number of rotatable bonds is 10. The van der Waals surface area contributed by atoms with E-state index in [4.69, 9.17) is 16.6 Å². The topological polar surface area (TPSA) is 145 Å². The van der Waals surface area contributed by atoms with Gasteiger partial charge in [0.1, 0.15) is 34.2 Å². The maximum absolute atomic E-state index is 15.7. The molecule has 0 fully saturated rings. The van der Waals surface area contributed by atoms with Gasteiger partial charge in [-0.05, 0) is 61.6 Å². The highest BCUT2D eigenvalue weighted by Crippen LogP contribution is 2.40. The second-order valence-corrected chi connectivity index (χ2v) is 15.7. The Balaban J connectivity index is 0.983. The Labute approximate surface area is 321 Å². The summed E-state index contributed by atoms with van der Waals surface area (Å²) in [6.07, 6.45) is 0.0531. The molecular formula is C40H41ClFN7O4S. The van der Waals surface area contributed by atoms with Crippen LogP contribution in [-0.2, 0) is 24.4 Å². The van der Waals surface area contributed by atoms with E-state index in [1.165, 1.54) is 17.0 Å². The second kappa shape index (κ2) is 15.0. The molecule has 54 heavy (non-hydrogen) atoms. The zero-order valence-corrected chi connectivity index (χ0v) is 32.2. The molecule has 0 unspecified atom stereocenters. The minimum absolute atomic E-state index is 0.0531. The third kappa shape index (κ3) is 6.99. The van der Waals surface area contributed by atoms with Gasteiger partial charge in [-0.1, -0.05) is 49.7 Å². The lowest BCUT2D eigenvalue weighted by atomic mass is 9.98. The van der Waals surface area contributed by atoms with Gasteiger partial charge in [-0.3, -0.25) is 19.1 Å². The largest absolute Gasteiger partial charge is 0.508 e. The SMILES string of the molecule is Cc1sc2c(c1C)C(c1ccc(Cl)cc1)=N[C@@H](CC(=O)NCCNCc1ccc3c(c1F)CN(C(=O)c1cc(C(C)C)c(O)cc1O)C3)c1nnc(C)n1-2. The molecule has 11 nitrogen and oxygen atoms in total. The number of carbonyl (C=O) groups excluding carboxylic acids is 2. The summed E-state index contributed by atoms with van der Waals surface area (Å²) in [6.45, 7) is 11.0. The van der Waals surface area contributed by atoms with Crippen LogP contribution in [-0.4, -0.2) is 60.5 Å². The molecule has 7 rings (SSSR count). The van der Waals surface area contributed by atoms with Crippen molar-refractivity contribution in [3.63, 3.8) is 0 Å². The van der Waals surface area contributed by atoms with Crippen LogP contribution in [0, 0.1) is 26.6 Å². The summed E-state index contributed by atoms with van der Waals surface area (Å²) < 4.78 is 17.7. The molecular weight excluding hydrogens is 729 g/mol. The van der Waals surface area contributed by atoms with Crippen molar-refractivity contribution in [1.29, 1.82) is 0 Å². The van der Waals surface area contributed by atoms with Crippen LogP contribution in [0.2, 0.25) is 5.02 Å². The van der Waals surface area contributed by atoms with Gasteiger partial charge in [0, 0.05) is 70.9 Å². The molecule has 4 N–H and O–H groups in total. The number of halogens is 2. The number of aromatic nitrogens is 3. The minimum atomic E-state index is -0.591. The number of aromatic hydroxyl groups is 2. The zero-order valence-electron chi connectivity index (χ0n) is 30.6. The molecule has 2 amide bonds. The Hall–Kier alpha value is -5.11. The average Bonchev–Trinajstić information content (AvgIpc) is 3.80. The molecule has 4 heterocycles. The highest BCUT2D eigenvalue weighted by molar-refractivity contribution is 7.15. The minimum Gasteiger partial charge on any atom is -0.508 e. The van der Waals surface area contributed by atoms with E-state index in [2.05, 4.69) is 34.7 Å². The lowest BCUT2D eigenvalue weighted by Gasteiger charge is -2.18. The smallest absolute Gasteiger partial charge is 0.258 e. The van der Waals surface area contributed by atoms with E-state index in [1.54, 1.807) is 17.4 Å². The molecule has 2 aliphatic rings. The van der Waals surface area contributed by atoms with E-state index >= 15 is 4.39 Å². The van der Waals surface area contributed by atoms with Gasteiger partial charge in [-0.2, -0.15) is 0 Å². The van der Waals surface area contributed by atoms with Crippen LogP contribution in [0.1, 0.15) is 98.1 Å². The van der Waals surface area contributed by atoms with Crippen LogP contribution in [0.4, 0.5) is 4.39 Å². The van der Waals surface area contributed by atoms with Gasteiger partial charge in [0.05, 0.1) is 17.7 Å². The highest BCUT2D eigenvalue weighted by Gasteiger charge is 2.33. The van der Waals surface area contributed by atoms with E-state index in [0.717, 1.165) is 32.3 Å². The summed E-state index contributed by atoms with van der Waals surface area (Å²) in [4.78, 5) is 34.5. The molecule has 0 radical (unpaired) electrons. The van der Waals surface area contributed by atoms with Crippen molar-refractivity contribution in [2.75, 3.05) is 13.1 Å². The molecule has 0 spiro atoms. The number of aryl methyl sites for hydroxylation is 2. The van der Waals surface area contributed by atoms with Crippen LogP contribution in [0.25, 0.3) is 5.00 Å². The molecule has 0 saturated carbocycles. The summed E-state index contributed by atoms with van der Waals surface area (Å²) in [5.74, 6) is -0.183.